The zero-order chi connectivity index (χ0) is 16.2. The van der Waals surface area contributed by atoms with Gasteiger partial charge in [-0.05, 0) is 30.9 Å². The van der Waals surface area contributed by atoms with Gasteiger partial charge in [0.2, 0.25) is 0 Å². The van der Waals surface area contributed by atoms with Gasteiger partial charge in [-0.15, -0.1) is 11.3 Å². The van der Waals surface area contributed by atoms with Crippen LogP contribution in [0.3, 0.4) is 0 Å². The summed E-state index contributed by atoms with van der Waals surface area (Å²) in [6.45, 7) is 1.45. The molecule has 1 aliphatic heterocycles. The summed E-state index contributed by atoms with van der Waals surface area (Å²) in [6, 6.07) is 3.31. The second kappa shape index (κ2) is 7.06. The number of carbonyl (C=O) groups is 2. The van der Waals surface area contributed by atoms with E-state index in [2.05, 4.69) is 5.32 Å². The van der Waals surface area contributed by atoms with E-state index in [1.54, 1.807) is 6.08 Å². The van der Waals surface area contributed by atoms with Crippen molar-refractivity contribution in [1.82, 2.24) is 5.32 Å². The van der Waals surface area contributed by atoms with E-state index < -0.39 is 33.9 Å². The number of ether oxygens (including phenoxy) is 1. The first-order valence-corrected chi connectivity index (χ1v) is 9.49. The number of rotatable bonds is 5. The molecule has 1 aromatic rings. The number of amides is 1. The molecule has 1 amide bonds. The highest BCUT2D eigenvalue weighted by molar-refractivity contribution is 7.91. The highest BCUT2D eigenvalue weighted by Crippen LogP contribution is 2.12. The van der Waals surface area contributed by atoms with E-state index in [-0.39, 0.29) is 11.5 Å². The molecule has 0 aromatic carbocycles. The normalized spacial score (nSPS) is 21.6. The Balaban J connectivity index is 1.80. The Morgan fingerprint density at radius 2 is 2.27 bits per heavy atom. The predicted octanol–water partition coefficient (Wildman–Crippen LogP) is 0.996. The Hall–Kier alpha value is -1.67. The van der Waals surface area contributed by atoms with Gasteiger partial charge in [0.25, 0.3) is 5.91 Å². The Labute approximate surface area is 133 Å². The van der Waals surface area contributed by atoms with Gasteiger partial charge in [-0.1, -0.05) is 6.07 Å². The third-order valence-corrected chi connectivity index (χ3v) is 5.77. The molecule has 1 aliphatic rings. The lowest BCUT2D eigenvalue weighted by molar-refractivity contribution is -0.150. The molecule has 1 fully saturated rings. The molecule has 0 aliphatic carbocycles. The third kappa shape index (κ3) is 4.96. The van der Waals surface area contributed by atoms with E-state index in [1.807, 2.05) is 17.5 Å². The summed E-state index contributed by atoms with van der Waals surface area (Å²) in [7, 11) is -3.06. The number of thiophene rings is 1. The first-order chi connectivity index (χ1) is 10.4. The summed E-state index contributed by atoms with van der Waals surface area (Å²) in [5.41, 5.74) is 0. The lowest BCUT2D eigenvalue weighted by atomic mass is 10.2. The maximum Gasteiger partial charge on any atom is 0.331 e. The molecule has 1 N–H and O–H groups in total. The minimum atomic E-state index is -3.06. The van der Waals surface area contributed by atoms with Gasteiger partial charge in [-0.25, -0.2) is 13.2 Å². The average molecular weight is 343 g/mol. The van der Waals surface area contributed by atoms with Crippen LogP contribution in [0.4, 0.5) is 0 Å². The molecule has 0 spiro atoms. The maximum atomic E-state index is 11.9. The van der Waals surface area contributed by atoms with Crippen LogP contribution in [0.5, 0.6) is 0 Å². The van der Waals surface area contributed by atoms with E-state index in [9.17, 15) is 18.0 Å². The smallest absolute Gasteiger partial charge is 0.331 e. The Morgan fingerprint density at radius 3 is 2.86 bits per heavy atom. The first kappa shape index (κ1) is 16.7. The molecule has 6 nitrogen and oxygen atoms in total. The van der Waals surface area contributed by atoms with Gasteiger partial charge in [-0.2, -0.15) is 0 Å². The van der Waals surface area contributed by atoms with Crippen molar-refractivity contribution in [2.45, 2.75) is 25.5 Å². The van der Waals surface area contributed by atoms with Gasteiger partial charge < -0.3 is 10.1 Å². The second-order valence-electron chi connectivity index (χ2n) is 5.04. The molecule has 2 atom stereocenters. The van der Waals surface area contributed by atoms with Crippen molar-refractivity contribution in [2.24, 2.45) is 0 Å². The molecule has 1 aromatic heterocycles. The number of hydrogen-bond acceptors (Lipinski definition) is 6. The Morgan fingerprint density at radius 1 is 1.50 bits per heavy atom. The lowest BCUT2D eigenvalue weighted by Gasteiger charge is -2.15. The zero-order valence-electron chi connectivity index (χ0n) is 12.0. The second-order valence-corrected chi connectivity index (χ2v) is 8.24. The molecule has 0 unspecified atom stereocenters. The summed E-state index contributed by atoms with van der Waals surface area (Å²) in [4.78, 5) is 24.4. The summed E-state index contributed by atoms with van der Waals surface area (Å²) < 4.78 is 27.6. The molecule has 2 heterocycles. The van der Waals surface area contributed by atoms with Crippen LogP contribution >= 0.6 is 11.3 Å². The van der Waals surface area contributed by atoms with E-state index in [0.29, 0.717) is 6.42 Å². The van der Waals surface area contributed by atoms with Crippen LogP contribution in [0.15, 0.2) is 23.6 Å². The van der Waals surface area contributed by atoms with Crippen molar-refractivity contribution in [3.05, 3.63) is 28.5 Å². The fourth-order valence-corrected chi connectivity index (χ4v) is 4.32. The molecule has 0 radical (unpaired) electrons. The molecule has 8 heteroatoms. The molecule has 120 valence electrons. The monoisotopic (exact) mass is 343 g/mol. The van der Waals surface area contributed by atoms with Gasteiger partial charge in [0.05, 0.1) is 11.5 Å². The van der Waals surface area contributed by atoms with E-state index in [0.717, 1.165) is 4.88 Å². The third-order valence-electron chi connectivity index (χ3n) is 3.17. The van der Waals surface area contributed by atoms with Gasteiger partial charge in [0, 0.05) is 17.0 Å². The van der Waals surface area contributed by atoms with Gasteiger partial charge in [-0.3, -0.25) is 4.79 Å². The minimum absolute atomic E-state index is 0.0579. The fraction of sp³-hybridized carbons (Fsp3) is 0.429. The summed E-state index contributed by atoms with van der Waals surface area (Å²) >= 11 is 1.48. The summed E-state index contributed by atoms with van der Waals surface area (Å²) in [5.74, 6) is -1.08. The van der Waals surface area contributed by atoms with E-state index in [4.69, 9.17) is 4.74 Å². The lowest BCUT2D eigenvalue weighted by Crippen LogP contribution is -2.42. The van der Waals surface area contributed by atoms with Crippen LogP contribution in [0.25, 0.3) is 6.08 Å². The summed E-state index contributed by atoms with van der Waals surface area (Å²) in [5, 5.41) is 4.48. The van der Waals surface area contributed by atoms with Crippen molar-refractivity contribution in [2.75, 3.05) is 11.5 Å². The minimum Gasteiger partial charge on any atom is -0.449 e. The number of nitrogens with one attached hydrogen (secondary N) is 1. The topological polar surface area (TPSA) is 89.5 Å². The van der Waals surface area contributed by atoms with Gasteiger partial charge in [0.1, 0.15) is 0 Å². The molecule has 0 saturated carbocycles. The predicted molar refractivity (Wildman–Crippen MR) is 84.1 cm³/mol. The Bertz CT molecular complexity index is 663. The first-order valence-electron chi connectivity index (χ1n) is 6.79. The molecular weight excluding hydrogens is 326 g/mol. The van der Waals surface area contributed by atoms with Crippen molar-refractivity contribution in [3.63, 3.8) is 0 Å². The van der Waals surface area contributed by atoms with E-state index >= 15 is 0 Å². The van der Waals surface area contributed by atoms with Crippen LogP contribution < -0.4 is 5.32 Å². The molecule has 22 heavy (non-hydrogen) atoms. The Kier molecular flexibility index (Phi) is 5.36. The van der Waals surface area contributed by atoms with Crippen LogP contribution in [0, 0.1) is 0 Å². The number of sulfone groups is 1. The zero-order valence-corrected chi connectivity index (χ0v) is 13.7. The molecular formula is C14H17NO5S2. The van der Waals surface area contributed by atoms with Crippen molar-refractivity contribution in [3.8, 4) is 0 Å². The van der Waals surface area contributed by atoms with Crippen molar-refractivity contribution < 1.29 is 22.7 Å². The quantitative estimate of drug-likeness (QED) is 0.636. The average Bonchev–Trinajstić information content (AvgIpc) is 3.06. The number of esters is 1. The largest absolute Gasteiger partial charge is 0.449 e. The van der Waals surface area contributed by atoms with Crippen LogP contribution in [-0.4, -0.2) is 43.9 Å². The van der Waals surface area contributed by atoms with Crippen LogP contribution in [0.2, 0.25) is 0 Å². The highest BCUT2D eigenvalue weighted by Gasteiger charge is 2.30. The standard InChI is InChI=1S/C14H17NO5S2/c1-10(14(17)15-11-6-8-22(18,19)9-11)20-13(16)5-4-12-3-2-7-21-12/h2-5,7,10-11H,6,8-9H2,1H3,(H,15,17)/b5-4+/t10-,11+/m0/s1. The molecule has 2 rings (SSSR count). The van der Waals surface area contributed by atoms with Crippen molar-refractivity contribution >= 4 is 39.1 Å². The maximum absolute atomic E-state index is 11.9. The molecule has 0 bridgehead atoms. The highest BCUT2D eigenvalue weighted by atomic mass is 32.2. The van der Waals surface area contributed by atoms with Crippen LogP contribution in [-0.2, 0) is 24.2 Å². The summed E-state index contributed by atoms with van der Waals surface area (Å²) in [6.07, 6.45) is 2.30. The fourth-order valence-electron chi connectivity index (χ4n) is 2.03. The SMILES string of the molecule is C[C@H](OC(=O)/C=C/c1cccs1)C(=O)N[C@@H]1CCS(=O)(=O)C1. The van der Waals surface area contributed by atoms with Gasteiger partial charge in [0.15, 0.2) is 15.9 Å². The van der Waals surface area contributed by atoms with Gasteiger partial charge >= 0.3 is 5.97 Å². The molecule has 1 saturated heterocycles. The van der Waals surface area contributed by atoms with Crippen LogP contribution in [0.1, 0.15) is 18.2 Å². The van der Waals surface area contributed by atoms with Crippen molar-refractivity contribution in [1.29, 1.82) is 0 Å². The number of hydrogen-bond donors (Lipinski definition) is 1. The number of carbonyl (C=O) groups excluding carboxylic acids is 2. The van der Waals surface area contributed by atoms with E-state index in [1.165, 1.54) is 24.3 Å².